The van der Waals surface area contributed by atoms with Crippen molar-refractivity contribution >= 4 is 17.6 Å². The summed E-state index contributed by atoms with van der Waals surface area (Å²) in [6.07, 6.45) is 0.690. The van der Waals surface area contributed by atoms with Crippen molar-refractivity contribution in [2.45, 2.75) is 6.42 Å². The van der Waals surface area contributed by atoms with Crippen LogP contribution in [0.1, 0.15) is 5.56 Å². The molecular formula is C18H21ClN2O3. The predicted octanol–water partition coefficient (Wildman–Crippen LogP) is 3.27. The van der Waals surface area contributed by atoms with Crippen molar-refractivity contribution in [3.63, 3.8) is 0 Å². The molecule has 2 N–H and O–H groups in total. The Bertz CT molecular complexity index is 647. The fourth-order valence-electron chi connectivity index (χ4n) is 2.08. The second kappa shape index (κ2) is 9.67. The number of hydrogen-bond donors (Lipinski definition) is 2. The topological polar surface area (TPSA) is 59.6 Å². The third-order valence-corrected chi connectivity index (χ3v) is 3.72. The van der Waals surface area contributed by atoms with Gasteiger partial charge < -0.3 is 20.1 Å². The fourth-order valence-corrected chi connectivity index (χ4v) is 2.31. The minimum atomic E-state index is -0.222. The Hall–Kier alpha value is -2.40. The van der Waals surface area contributed by atoms with Crippen LogP contribution in [-0.4, -0.2) is 32.8 Å². The van der Waals surface area contributed by atoms with Crippen LogP contribution < -0.4 is 20.1 Å². The molecule has 0 fully saturated rings. The molecule has 6 heteroatoms. The van der Waals surface area contributed by atoms with E-state index in [0.717, 1.165) is 17.1 Å². The van der Waals surface area contributed by atoms with Gasteiger partial charge in [0.1, 0.15) is 18.1 Å². The molecule has 0 unspecified atom stereocenters. The van der Waals surface area contributed by atoms with E-state index in [4.69, 9.17) is 21.1 Å². The molecule has 0 aliphatic carbocycles. The van der Waals surface area contributed by atoms with Crippen LogP contribution in [0.25, 0.3) is 0 Å². The molecule has 128 valence electrons. The van der Waals surface area contributed by atoms with Crippen molar-refractivity contribution in [1.29, 1.82) is 0 Å². The number of hydrogen-bond acceptors (Lipinski definition) is 3. The van der Waals surface area contributed by atoms with Crippen molar-refractivity contribution in [3.8, 4) is 11.5 Å². The highest BCUT2D eigenvalue weighted by Gasteiger charge is 2.02. The van der Waals surface area contributed by atoms with Gasteiger partial charge in [0.25, 0.3) is 0 Å². The average molecular weight is 349 g/mol. The summed E-state index contributed by atoms with van der Waals surface area (Å²) < 4.78 is 10.6. The second-order valence-electron chi connectivity index (χ2n) is 5.05. The van der Waals surface area contributed by atoms with E-state index in [1.54, 1.807) is 7.11 Å². The van der Waals surface area contributed by atoms with Gasteiger partial charge in [-0.15, -0.1) is 0 Å². The van der Waals surface area contributed by atoms with Gasteiger partial charge in [-0.25, -0.2) is 4.79 Å². The molecule has 2 rings (SSSR count). The van der Waals surface area contributed by atoms with Gasteiger partial charge in [0.2, 0.25) is 0 Å². The fraction of sp³-hybridized carbons (Fsp3) is 0.278. The molecule has 2 aromatic rings. The van der Waals surface area contributed by atoms with E-state index in [0.29, 0.717) is 31.1 Å². The van der Waals surface area contributed by atoms with E-state index in [9.17, 15) is 4.79 Å². The van der Waals surface area contributed by atoms with Crippen LogP contribution in [0.3, 0.4) is 0 Å². The Labute approximate surface area is 146 Å². The molecule has 2 amide bonds. The van der Waals surface area contributed by atoms with Crippen molar-refractivity contribution in [3.05, 3.63) is 59.1 Å². The smallest absolute Gasteiger partial charge is 0.314 e. The maximum absolute atomic E-state index is 11.7. The molecule has 0 aliphatic rings. The molecule has 0 atom stereocenters. The number of methoxy groups -OCH3 is 1. The number of rotatable bonds is 8. The highest BCUT2D eigenvalue weighted by Crippen LogP contribution is 2.16. The molecule has 0 aromatic heterocycles. The summed E-state index contributed by atoms with van der Waals surface area (Å²) in [5.74, 6) is 1.51. The van der Waals surface area contributed by atoms with Crippen molar-refractivity contribution in [1.82, 2.24) is 10.6 Å². The van der Waals surface area contributed by atoms with E-state index in [1.807, 2.05) is 48.5 Å². The Kier molecular flexibility index (Phi) is 7.23. The first-order valence-electron chi connectivity index (χ1n) is 7.71. The number of benzene rings is 2. The second-order valence-corrected chi connectivity index (χ2v) is 5.46. The lowest BCUT2D eigenvalue weighted by atomic mass is 10.1. The summed E-state index contributed by atoms with van der Waals surface area (Å²) in [7, 11) is 1.62. The first kappa shape index (κ1) is 17.9. The Morgan fingerprint density at radius 2 is 1.67 bits per heavy atom. The van der Waals surface area contributed by atoms with Gasteiger partial charge >= 0.3 is 6.03 Å². The third-order valence-electron chi connectivity index (χ3n) is 3.35. The number of ether oxygens (including phenoxy) is 2. The summed E-state index contributed by atoms with van der Waals surface area (Å²) in [6, 6.07) is 14.7. The van der Waals surface area contributed by atoms with Crippen molar-refractivity contribution in [2.75, 3.05) is 26.8 Å². The number of carbonyl (C=O) groups is 1. The molecule has 24 heavy (non-hydrogen) atoms. The van der Waals surface area contributed by atoms with Gasteiger partial charge in [-0.3, -0.25) is 0 Å². The summed E-state index contributed by atoms with van der Waals surface area (Å²) in [5.41, 5.74) is 1.02. The van der Waals surface area contributed by atoms with Crippen LogP contribution in [0.5, 0.6) is 11.5 Å². The third kappa shape index (κ3) is 6.01. The molecule has 5 nitrogen and oxygen atoms in total. The quantitative estimate of drug-likeness (QED) is 0.720. The highest BCUT2D eigenvalue weighted by molar-refractivity contribution is 6.31. The van der Waals surface area contributed by atoms with Crippen molar-refractivity contribution < 1.29 is 14.3 Å². The molecule has 0 bridgehead atoms. The van der Waals surface area contributed by atoms with Crippen LogP contribution >= 0.6 is 11.6 Å². The number of amides is 2. The van der Waals surface area contributed by atoms with Crippen LogP contribution in [0, 0.1) is 0 Å². The number of nitrogens with one attached hydrogen (secondary N) is 2. The van der Waals surface area contributed by atoms with E-state index >= 15 is 0 Å². The van der Waals surface area contributed by atoms with E-state index in [-0.39, 0.29) is 6.03 Å². The van der Waals surface area contributed by atoms with E-state index < -0.39 is 0 Å². The lowest BCUT2D eigenvalue weighted by Gasteiger charge is -2.10. The molecule has 2 aromatic carbocycles. The summed E-state index contributed by atoms with van der Waals surface area (Å²) in [5, 5.41) is 6.25. The Balaban J connectivity index is 1.58. The van der Waals surface area contributed by atoms with Gasteiger partial charge in [0.15, 0.2) is 0 Å². The summed E-state index contributed by atoms with van der Waals surface area (Å²) in [6.45, 7) is 1.34. The molecule has 0 radical (unpaired) electrons. The Morgan fingerprint density at radius 1 is 1.00 bits per heavy atom. The first-order valence-corrected chi connectivity index (χ1v) is 8.09. The van der Waals surface area contributed by atoms with Crippen LogP contribution in [0.2, 0.25) is 5.02 Å². The predicted molar refractivity (Wildman–Crippen MR) is 95.0 cm³/mol. The molecular weight excluding hydrogens is 328 g/mol. The zero-order valence-corrected chi connectivity index (χ0v) is 14.3. The van der Waals surface area contributed by atoms with E-state index in [1.165, 1.54) is 0 Å². The van der Waals surface area contributed by atoms with Gasteiger partial charge in [-0.2, -0.15) is 0 Å². The largest absolute Gasteiger partial charge is 0.497 e. The molecule has 0 aliphatic heterocycles. The van der Waals surface area contributed by atoms with Gasteiger partial charge in [0.05, 0.1) is 13.7 Å². The lowest BCUT2D eigenvalue weighted by Crippen LogP contribution is -2.38. The molecule has 0 spiro atoms. The molecule has 0 saturated heterocycles. The maximum Gasteiger partial charge on any atom is 0.314 e. The highest BCUT2D eigenvalue weighted by atomic mass is 35.5. The standard InChI is InChI=1S/C18H21ClN2O3/c1-23-15-6-8-16(9-7-15)24-13-12-21-18(22)20-11-10-14-4-2-3-5-17(14)19/h2-9H,10-13H2,1H3,(H2,20,21,22). The zero-order chi connectivity index (χ0) is 17.2. The SMILES string of the molecule is COc1ccc(OCCNC(=O)NCCc2ccccc2Cl)cc1. The van der Waals surface area contributed by atoms with Gasteiger partial charge in [-0.1, -0.05) is 29.8 Å². The van der Waals surface area contributed by atoms with E-state index in [2.05, 4.69) is 10.6 Å². The zero-order valence-electron chi connectivity index (χ0n) is 13.5. The number of carbonyl (C=O) groups excluding carboxylic acids is 1. The monoisotopic (exact) mass is 348 g/mol. The van der Waals surface area contributed by atoms with Crippen LogP contribution in [0.4, 0.5) is 4.79 Å². The number of halogens is 1. The lowest BCUT2D eigenvalue weighted by molar-refractivity contribution is 0.236. The van der Waals surface area contributed by atoms with Gasteiger partial charge in [-0.05, 0) is 42.3 Å². The van der Waals surface area contributed by atoms with Crippen LogP contribution in [-0.2, 0) is 6.42 Å². The minimum Gasteiger partial charge on any atom is -0.497 e. The van der Waals surface area contributed by atoms with Gasteiger partial charge in [0, 0.05) is 11.6 Å². The first-order chi connectivity index (χ1) is 11.7. The normalized spacial score (nSPS) is 10.1. The maximum atomic E-state index is 11.7. The minimum absolute atomic E-state index is 0.222. The Morgan fingerprint density at radius 3 is 2.38 bits per heavy atom. The van der Waals surface area contributed by atoms with Crippen LogP contribution in [0.15, 0.2) is 48.5 Å². The van der Waals surface area contributed by atoms with Crippen molar-refractivity contribution in [2.24, 2.45) is 0 Å². The summed E-state index contributed by atoms with van der Waals surface area (Å²) >= 11 is 6.07. The molecule has 0 heterocycles. The summed E-state index contributed by atoms with van der Waals surface area (Å²) in [4.78, 5) is 11.7. The average Bonchev–Trinajstić information content (AvgIpc) is 2.61. The number of urea groups is 1. The molecule has 0 saturated carbocycles.